The maximum absolute atomic E-state index is 13.1. The van der Waals surface area contributed by atoms with Gasteiger partial charge in [0.2, 0.25) is 0 Å². The molecule has 0 unspecified atom stereocenters. The Morgan fingerprint density at radius 1 is 1.15 bits per heavy atom. The van der Waals surface area contributed by atoms with Gasteiger partial charge < -0.3 is 9.88 Å². The van der Waals surface area contributed by atoms with Crippen molar-refractivity contribution in [3.8, 4) is 0 Å². The van der Waals surface area contributed by atoms with Crippen molar-refractivity contribution in [1.29, 1.82) is 0 Å². The topological polar surface area (TPSA) is 55.6 Å². The molecule has 4 rings (SSSR count). The molecule has 0 bridgehead atoms. The van der Waals surface area contributed by atoms with Crippen molar-refractivity contribution < 1.29 is 13.2 Å². The molecule has 1 N–H and O–H groups in total. The van der Waals surface area contributed by atoms with Crippen molar-refractivity contribution in [2.75, 3.05) is 5.32 Å². The third-order valence-electron chi connectivity index (χ3n) is 4.15. The minimum absolute atomic E-state index is 0.00896. The first-order valence-electron chi connectivity index (χ1n) is 8.04. The second-order valence-corrected chi connectivity index (χ2v) is 6.37. The fraction of sp³-hybridized carbons (Fsp3) is 0.167. The fourth-order valence-corrected chi connectivity index (χ4v) is 3.27. The van der Waals surface area contributed by atoms with Crippen molar-refractivity contribution in [2.24, 2.45) is 0 Å². The number of hydrogen-bond acceptors (Lipinski definition) is 4. The van der Waals surface area contributed by atoms with Crippen LogP contribution in [0.3, 0.4) is 0 Å². The predicted octanol–water partition coefficient (Wildman–Crippen LogP) is 4.81. The van der Waals surface area contributed by atoms with Crippen molar-refractivity contribution in [2.45, 2.75) is 19.3 Å². The number of pyridine rings is 1. The molecule has 0 radical (unpaired) electrons. The summed E-state index contributed by atoms with van der Waals surface area (Å²) < 4.78 is 40.3. The normalized spacial score (nSPS) is 12.0. The summed E-state index contributed by atoms with van der Waals surface area (Å²) in [6, 6.07) is 8.89. The number of halogens is 4. The Morgan fingerprint density at radius 3 is 2.74 bits per heavy atom. The molecule has 5 nitrogen and oxygen atoms in total. The zero-order valence-electron chi connectivity index (χ0n) is 13.8. The SMILES string of the molecule is FC(F)(F)Cn1c2ccc(NCc3cccnc3)cc2c2ncnc(Cl)c21. The number of aromatic nitrogens is 4. The molecule has 3 aromatic heterocycles. The van der Waals surface area contributed by atoms with Crippen molar-refractivity contribution in [3.63, 3.8) is 0 Å². The molecule has 0 amide bonds. The van der Waals surface area contributed by atoms with E-state index in [1.165, 1.54) is 6.33 Å². The lowest BCUT2D eigenvalue weighted by molar-refractivity contribution is -0.139. The number of nitrogens with one attached hydrogen (secondary N) is 1. The summed E-state index contributed by atoms with van der Waals surface area (Å²) in [5.74, 6) is 0. The van der Waals surface area contributed by atoms with E-state index < -0.39 is 12.7 Å². The van der Waals surface area contributed by atoms with Crippen LogP contribution in [0, 0.1) is 0 Å². The van der Waals surface area contributed by atoms with Crippen molar-refractivity contribution in [1.82, 2.24) is 19.5 Å². The van der Waals surface area contributed by atoms with Crippen LogP contribution in [0.25, 0.3) is 21.9 Å². The molecule has 0 atom stereocenters. The highest BCUT2D eigenvalue weighted by Crippen LogP contribution is 2.34. The molecule has 1 aromatic carbocycles. The van der Waals surface area contributed by atoms with Gasteiger partial charge in [0.25, 0.3) is 0 Å². The van der Waals surface area contributed by atoms with Gasteiger partial charge in [0.05, 0.1) is 5.52 Å². The Labute approximate surface area is 156 Å². The van der Waals surface area contributed by atoms with Crippen LogP contribution in [-0.4, -0.2) is 25.7 Å². The number of alkyl halides is 3. The van der Waals surface area contributed by atoms with Gasteiger partial charge in [-0.2, -0.15) is 13.2 Å². The first-order valence-corrected chi connectivity index (χ1v) is 8.42. The van der Waals surface area contributed by atoms with Crippen LogP contribution in [0.2, 0.25) is 5.15 Å². The van der Waals surface area contributed by atoms with Crippen LogP contribution in [0.1, 0.15) is 5.56 Å². The number of nitrogens with zero attached hydrogens (tertiary/aromatic N) is 4. The average molecular weight is 392 g/mol. The number of anilines is 1. The molecule has 4 aromatic rings. The zero-order valence-corrected chi connectivity index (χ0v) is 14.6. The van der Waals surface area contributed by atoms with E-state index in [1.54, 1.807) is 30.6 Å². The standard InChI is InChI=1S/C18H13ClF3N5/c19-17-16-15(25-10-26-17)13-6-12(24-8-11-2-1-5-23-7-11)3-4-14(13)27(16)9-18(20,21)22/h1-7,10,24H,8-9H2. The molecular weight excluding hydrogens is 379 g/mol. The molecule has 0 spiro atoms. The molecule has 0 aliphatic carbocycles. The van der Waals surface area contributed by atoms with E-state index in [1.807, 2.05) is 12.1 Å². The van der Waals surface area contributed by atoms with Gasteiger partial charge in [0.1, 0.15) is 23.9 Å². The summed E-state index contributed by atoms with van der Waals surface area (Å²) in [4.78, 5) is 12.0. The first-order chi connectivity index (χ1) is 12.9. The Morgan fingerprint density at radius 2 is 2.00 bits per heavy atom. The largest absolute Gasteiger partial charge is 0.406 e. The van der Waals surface area contributed by atoms with Gasteiger partial charge in [0.15, 0.2) is 5.15 Å². The highest BCUT2D eigenvalue weighted by Gasteiger charge is 2.30. The monoisotopic (exact) mass is 391 g/mol. The molecule has 9 heteroatoms. The van der Waals surface area contributed by atoms with Crippen molar-refractivity contribution in [3.05, 3.63) is 59.8 Å². The maximum Gasteiger partial charge on any atom is 0.406 e. The molecule has 0 fully saturated rings. The number of rotatable bonds is 4. The Bertz CT molecular complexity index is 1110. The van der Waals surface area contributed by atoms with Crippen LogP contribution in [0.5, 0.6) is 0 Å². The Kier molecular flexibility index (Phi) is 4.35. The molecule has 27 heavy (non-hydrogen) atoms. The minimum atomic E-state index is -4.39. The smallest absolute Gasteiger partial charge is 0.381 e. The highest BCUT2D eigenvalue weighted by atomic mass is 35.5. The molecule has 0 aliphatic heterocycles. The quantitative estimate of drug-likeness (QED) is 0.507. The third-order valence-corrected chi connectivity index (χ3v) is 4.42. The maximum atomic E-state index is 13.1. The lowest BCUT2D eigenvalue weighted by atomic mass is 10.2. The molecular formula is C18H13ClF3N5. The van der Waals surface area contributed by atoms with Crippen molar-refractivity contribution >= 4 is 39.2 Å². The molecule has 0 aliphatic rings. The van der Waals surface area contributed by atoms with Gasteiger partial charge >= 0.3 is 6.18 Å². The fourth-order valence-electron chi connectivity index (χ4n) is 3.04. The summed E-state index contributed by atoms with van der Waals surface area (Å²) in [6.45, 7) is -0.626. The number of hydrogen-bond donors (Lipinski definition) is 1. The second-order valence-electron chi connectivity index (χ2n) is 6.01. The van der Waals surface area contributed by atoms with E-state index in [4.69, 9.17) is 11.6 Å². The second kappa shape index (κ2) is 6.70. The van der Waals surface area contributed by atoms with E-state index in [0.717, 1.165) is 15.8 Å². The summed E-state index contributed by atoms with van der Waals surface area (Å²) >= 11 is 6.08. The van der Waals surface area contributed by atoms with Crippen LogP contribution in [-0.2, 0) is 13.1 Å². The average Bonchev–Trinajstić information content (AvgIpc) is 2.94. The van der Waals surface area contributed by atoms with E-state index in [-0.39, 0.29) is 10.7 Å². The van der Waals surface area contributed by atoms with Gasteiger partial charge in [-0.15, -0.1) is 0 Å². The lowest BCUT2D eigenvalue weighted by Gasteiger charge is -2.11. The summed E-state index contributed by atoms with van der Waals surface area (Å²) in [5.41, 5.74) is 2.71. The van der Waals surface area contributed by atoms with Gasteiger partial charge in [0, 0.05) is 30.0 Å². The van der Waals surface area contributed by atoms with Crippen LogP contribution < -0.4 is 5.32 Å². The van der Waals surface area contributed by atoms with Crippen LogP contribution in [0.15, 0.2) is 49.1 Å². The molecule has 0 saturated carbocycles. The van der Waals surface area contributed by atoms with Gasteiger partial charge in [-0.05, 0) is 29.8 Å². The van der Waals surface area contributed by atoms with E-state index in [9.17, 15) is 13.2 Å². The van der Waals surface area contributed by atoms with Crippen LogP contribution >= 0.6 is 11.6 Å². The van der Waals surface area contributed by atoms with E-state index in [2.05, 4.69) is 20.3 Å². The van der Waals surface area contributed by atoms with Gasteiger partial charge in [-0.25, -0.2) is 9.97 Å². The summed E-state index contributed by atoms with van der Waals surface area (Å²) in [7, 11) is 0. The Hall–Kier alpha value is -2.87. The zero-order chi connectivity index (χ0) is 19.0. The minimum Gasteiger partial charge on any atom is -0.381 e. The van der Waals surface area contributed by atoms with Gasteiger partial charge in [-0.1, -0.05) is 17.7 Å². The third kappa shape index (κ3) is 3.52. The van der Waals surface area contributed by atoms with E-state index in [0.29, 0.717) is 23.0 Å². The highest BCUT2D eigenvalue weighted by molar-refractivity contribution is 6.34. The molecule has 3 heterocycles. The molecule has 0 saturated heterocycles. The van der Waals surface area contributed by atoms with Crippen LogP contribution in [0.4, 0.5) is 18.9 Å². The Balaban J connectivity index is 1.79. The lowest BCUT2D eigenvalue weighted by Crippen LogP contribution is -2.17. The number of benzene rings is 1. The summed E-state index contributed by atoms with van der Waals surface area (Å²) in [5, 5.41) is 3.81. The summed E-state index contributed by atoms with van der Waals surface area (Å²) in [6.07, 6.45) is 0.287. The van der Waals surface area contributed by atoms with Gasteiger partial charge in [-0.3, -0.25) is 4.98 Å². The first kappa shape index (κ1) is 17.5. The number of fused-ring (bicyclic) bond motifs is 3. The molecule has 138 valence electrons. The predicted molar refractivity (Wildman–Crippen MR) is 97.7 cm³/mol. The van der Waals surface area contributed by atoms with E-state index >= 15 is 0 Å².